The third-order valence-corrected chi connectivity index (χ3v) is 3.31. The number of hydrogen-bond acceptors (Lipinski definition) is 3. The zero-order chi connectivity index (χ0) is 13.0. The predicted molar refractivity (Wildman–Crippen MR) is 70.3 cm³/mol. The maximum absolute atomic E-state index is 9.35. The molecule has 0 bridgehead atoms. The molecule has 0 aromatic heterocycles. The van der Waals surface area contributed by atoms with Gasteiger partial charge in [-0.3, -0.25) is 0 Å². The van der Waals surface area contributed by atoms with Crippen LogP contribution in [0.15, 0.2) is 12.1 Å². The van der Waals surface area contributed by atoms with Crippen LogP contribution < -0.4 is 10.5 Å². The summed E-state index contributed by atoms with van der Waals surface area (Å²) >= 11 is 0. The van der Waals surface area contributed by atoms with Crippen LogP contribution in [-0.2, 0) is 0 Å². The molecule has 1 rings (SSSR count). The van der Waals surface area contributed by atoms with E-state index < -0.39 is 0 Å². The van der Waals surface area contributed by atoms with Gasteiger partial charge in [0, 0.05) is 24.1 Å². The third-order valence-electron chi connectivity index (χ3n) is 3.31. The van der Waals surface area contributed by atoms with E-state index in [4.69, 9.17) is 10.5 Å². The highest BCUT2D eigenvalue weighted by atomic mass is 16.5. The molecule has 0 aliphatic carbocycles. The van der Waals surface area contributed by atoms with Crippen LogP contribution in [0.4, 0.5) is 0 Å². The highest BCUT2D eigenvalue weighted by Gasteiger charge is 2.22. The Hall–Kier alpha value is -1.06. The second-order valence-corrected chi connectivity index (χ2v) is 4.57. The van der Waals surface area contributed by atoms with Crippen molar-refractivity contribution in [3.8, 4) is 5.75 Å². The average Bonchev–Trinajstić information content (AvgIpc) is 2.29. The standard InChI is InChI=1S/C14H23NO2/c1-5-11(8-16)14(15)13-10(3)6-9(2)7-12(13)17-4/h6-7,11,14,16H,5,8,15H2,1-4H3. The van der Waals surface area contributed by atoms with Crippen LogP contribution in [0, 0.1) is 19.8 Å². The van der Waals surface area contributed by atoms with Gasteiger partial charge in [-0.15, -0.1) is 0 Å². The van der Waals surface area contributed by atoms with Gasteiger partial charge in [0.25, 0.3) is 0 Å². The van der Waals surface area contributed by atoms with Crippen LogP contribution in [0.5, 0.6) is 5.75 Å². The molecular weight excluding hydrogens is 214 g/mol. The fourth-order valence-corrected chi connectivity index (χ4v) is 2.27. The molecule has 0 saturated carbocycles. The first-order chi connectivity index (χ1) is 8.04. The molecule has 0 radical (unpaired) electrons. The Morgan fingerprint density at radius 1 is 1.35 bits per heavy atom. The van der Waals surface area contributed by atoms with Crippen LogP contribution in [0.3, 0.4) is 0 Å². The minimum Gasteiger partial charge on any atom is -0.496 e. The highest BCUT2D eigenvalue weighted by Crippen LogP contribution is 2.33. The second kappa shape index (κ2) is 6.03. The van der Waals surface area contributed by atoms with Crippen LogP contribution >= 0.6 is 0 Å². The quantitative estimate of drug-likeness (QED) is 0.826. The maximum Gasteiger partial charge on any atom is 0.124 e. The Labute approximate surface area is 104 Å². The number of ether oxygens (including phenoxy) is 1. The van der Waals surface area contributed by atoms with Crippen molar-refractivity contribution < 1.29 is 9.84 Å². The molecule has 3 N–H and O–H groups in total. The number of rotatable bonds is 5. The smallest absolute Gasteiger partial charge is 0.124 e. The van der Waals surface area contributed by atoms with Gasteiger partial charge in [0.15, 0.2) is 0 Å². The van der Waals surface area contributed by atoms with Crippen molar-refractivity contribution in [2.45, 2.75) is 33.2 Å². The summed E-state index contributed by atoms with van der Waals surface area (Å²) in [6.45, 7) is 6.22. The summed E-state index contributed by atoms with van der Waals surface area (Å²) in [5.74, 6) is 0.896. The molecule has 1 aromatic carbocycles. The minimum atomic E-state index is -0.180. The van der Waals surface area contributed by atoms with Gasteiger partial charge in [-0.25, -0.2) is 0 Å². The normalized spacial score (nSPS) is 14.5. The Morgan fingerprint density at radius 2 is 2.00 bits per heavy atom. The minimum absolute atomic E-state index is 0.0744. The zero-order valence-electron chi connectivity index (χ0n) is 11.2. The van der Waals surface area contributed by atoms with Crippen LogP contribution in [0.1, 0.15) is 36.1 Å². The van der Waals surface area contributed by atoms with E-state index in [1.165, 1.54) is 0 Å². The molecule has 2 atom stereocenters. The Morgan fingerprint density at radius 3 is 2.47 bits per heavy atom. The van der Waals surface area contributed by atoms with E-state index in [-0.39, 0.29) is 18.6 Å². The molecule has 2 unspecified atom stereocenters. The molecule has 1 aromatic rings. The number of benzene rings is 1. The van der Waals surface area contributed by atoms with Crippen molar-refractivity contribution in [1.29, 1.82) is 0 Å². The molecule has 3 nitrogen and oxygen atoms in total. The summed E-state index contributed by atoms with van der Waals surface area (Å²) in [7, 11) is 1.66. The van der Waals surface area contributed by atoms with Gasteiger partial charge in [0.05, 0.1) is 7.11 Å². The molecule has 0 spiro atoms. The summed E-state index contributed by atoms with van der Waals surface area (Å²) in [4.78, 5) is 0. The van der Waals surface area contributed by atoms with E-state index in [1.807, 2.05) is 26.8 Å². The summed E-state index contributed by atoms with van der Waals surface area (Å²) in [5.41, 5.74) is 9.55. The molecule has 0 amide bonds. The van der Waals surface area contributed by atoms with Crippen molar-refractivity contribution >= 4 is 0 Å². The summed E-state index contributed by atoms with van der Waals surface area (Å²) < 4.78 is 5.41. The van der Waals surface area contributed by atoms with Gasteiger partial charge < -0.3 is 15.6 Å². The van der Waals surface area contributed by atoms with Gasteiger partial charge >= 0.3 is 0 Å². The maximum atomic E-state index is 9.35. The molecule has 96 valence electrons. The van der Waals surface area contributed by atoms with Crippen molar-refractivity contribution in [2.24, 2.45) is 11.7 Å². The number of nitrogens with two attached hydrogens (primary N) is 1. The number of aryl methyl sites for hydroxylation is 2. The first-order valence-corrected chi connectivity index (χ1v) is 6.06. The van der Waals surface area contributed by atoms with Crippen LogP contribution in [0.25, 0.3) is 0 Å². The first kappa shape index (κ1) is 14.0. The first-order valence-electron chi connectivity index (χ1n) is 6.06. The van der Waals surface area contributed by atoms with E-state index in [2.05, 4.69) is 6.07 Å². The van der Waals surface area contributed by atoms with Gasteiger partial charge in [-0.1, -0.05) is 13.0 Å². The Balaban J connectivity index is 3.19. The molecular formula is C14H23NO2. The third kappa shape index (κ3) is 2.99. The molecule has 0 aliphatic rings. The molecule has 0 aliphatic heterocycles. The lowest BCUT2D eigenvalue weighted by atomic mass is 9.88. The van der Waals surface area contributed by atoms with Crippen LogP contribution in [0.2, 0.25) is 0 Å². The number of hydrogen-bond donors (Lipinski definition) is 2. The summed E-state index contributed by atoms with van der Waals surface area (Å²) in [5, 5.41) is 9.35. The zero-order valence-corrected chi connectivity index (χ0v) is 11.2. The molecule has 0 saturated heterocycles. The Bertz CT molecular complexity index is 373. The lowest BCUT2D eigenvalue weighted by Gasteiger charge is -2.25. The molecule has 3 heteroatoms. The van der Waals surface area contributed by atoms with Gasteiger partial charge in [0.2, 0.25) is 0 Å². The average molecular weight is 237 g/mol. The SMILES string of the molecule is CCC(CO)C(N)c1c(C)cc(C)cc1OC. The van der Waals surface area contributed by atoms with Crippen molar-refractivity contribution in [3.05, 3.63) is 28.8 Å². The topological polar surface area (TPSA) is 55.5 Å². The van der Waals surface area contributed by atoms with Gasteiger partial charge in [0.1, 0.15) is 5.75 Å². The van der Waals surface area contributed by atoms with E-state index in [0.717, 1.165) is 28.9 Å². The van der Waals surface area contributed by atoms with Crippen molar-refractivity contribution in [3.63, 3.8) is 0 Å². The van der Waals surface area contributed by atoms with E-state index in [0.29, 0.717) is 0 Å². The van der Waals surface area contributed by atoms with E-state index >= 15 is 0 Å². The lowest BCUT2D eigenvalue weighted by Crippen LogP contribution is -2.25. The van der Waals surface area contributed by atoms with Crippen LogP contribution in [-0.4, -0.2) is 18.8 Å². The van der Waals surface area contributed by atoms with E-state index in [1.54, 1.807) is 7.11 Å². The summed E-state index contributed by atoms with van der Waals surface area (Å²) in [6, 6.07) is 3.91. The number of aliphatic hydroxyl groups is 1. The van der Waals surface area contributed by atoms with Gasteiger partial charge in [-0.05, 0) is 37.5 Å². The largest absolute Gasteiger partial charge is 0.496 e. The molecule has 17 heavy (non-hydrogen) atoms. The second-order valence-electron chi connectivity index (χ2n) is 4.57. The molecule has 0 heterocycles. The van der Waals surface area contributed by atoms with E-state index in [9.17, 15) is 5.11 Å². The lowest BCUT2D eigenvalue weighted by molar-refractivity contribution is 0.199. The summed E-state index contributed by atoms with van der Waals surface area (Å²) in [6.07, 6.45) is 0.855. The fourth-order valence-electron chi connectivity index (χ4n) is 2.27. The van der Waals surface area contributed by atoms with Crippen molar-refractivity contribution in [2.75, 3.05) is 13.7 Å². The predicted octanol–water partition coefficient (Wildman–Crippen LogP) is 2.33. The number of methoxy groups -OCH3 is 1. The number of aliphatic hydroxyl groups excluding tert-OH is 1. The monoisotopic (exact) mass is 237 g/mol. The van der Waals surface area contributed by atoms with Gasteiger partial charge in [-0.2, -0.15) is 0 Å². The highest BCUT2D eigenvalue weighted by molar-refractivity contribution is 5.45. The molecule has 0 fully saturated rings. The fraction of sp³-hybridized carbons (Fsp3) is 0.571. The van der Waals surface area contributed by atoms with Crippen molar-refractivity contribution in [1.82, 2.24) is 0 Å². The Kier molecular flexibility index (Phi) is 4.97.